The average molecular weight is 533 g/mol. The van der Waals surface area contributed by atoms with Crippen LogP contribution < -0.4 is 20.3 Å². The summed E-state index contributed by atoms with van der Waals surface area (Å²) in [5.41, 5.74) is 5.22. The van der Waals surface area contributed by atoms with Crippen molar-refractivity contribution in [1.82, 2.24) is 9.88 Å². The molecule has 3 aromatic rings. The van der Waals surface area contributed by atoms with Crippen molar-refractivity contribution in [3.05, 3.63) is 92.4 Å². The van der Waals surface area contributed by atoms with Crippen molar-refractivity contribution in [2.75, 3.05) is 6.79 Å². The Morgan fingerprint density at radius 1 is 1.05 bits per heavy atom. The maximum atomic E-state index is 13.8. The predicted octanol–water partition coefficient (Wildman–Crippen LogP) is 5.16. The zero-order chi connectivity index (χ0) is 28.1. The van der Waals surface area contributed by atoms with Gasteiger partial charge in [-0.3, -0.25) is 14.4 Å². The third-order valence-electron chi connectivity index (χ3n) is 7.23. The second-order valence-corrected chi connectivity index (χ2v) is 10.2. The molecule has 0 spiro atoms. The minimum absolute atomic E-state index is 0.0917. The molecule has 8 nitrogen and oxygen atoms in total. The first-order valence-electron chi connectivity index (χ1n) is 13.4. The maximum Gasteiger partial charge on any atom is 0.305 e. The van der Waals surface area contributed by atoms with Crippen molar-refractivity contribution < 1.29 is 24.2 Å². The van der Waals surface area contributed by atoms with E-state index in [1.807, 2.05) is 52.0 Å². The van der Waals surface area contributed by atoms with Crippen LogP contribution in [-0.2, 0) is 16.0 Å². The first-order valence-corrected chi connectivity index (χ1v) is 13.4. The highest BCUT2D eigenvalue weighted by Crippen LogP contribution is 2.35. The second-order valence-electron chi connectivity index (χ2n) is 10.2. The highest BCUT2D eigenvalue weighted by Gasteiger charge is 2.28. The summed E-state index contributed by atoms with van der Waals surface area (Å²) in [6, 6.07) is 11.5. The number of aromatic nitrogens is 1. The van der Waals surface area contributed by atoms with Gasteiger partial charge < -0.3 is 24.5 Å². The van der Waals surface area contributed by atoms with Gasteiger partial charge in [0.05, 0.1) is 12.5 Å². The van der Waals surface area contributed by atoms with E-state index in [4.69, 9.17) is 9.47 Å². The average Bonchev–Trinajstić information content (AvgIpc) is 3.36. The quantitative estimate of drug-likeness (QED) is 0.353. The van der Waals surface area contributed by atoms with Crippen molar-refractivity contribution in [3.8, 4) is 11.5 Å². The Kier molecular flexibility index (Phi) is 8.74. The number of carboxylic acids is 1. The van der Waals surface area contributed by atoms with E-state index < -0.39 is 24.0 Å². The Morgan fingerprint density at radius 3 is 2.46 bits per heavy atom. The summed E-state index contributed by atoms with van der Waals surface area (Å²) in [7, 11) is 0. The Bertz CT molecular complexity index is 1410. The summed E-state index contributed by atoms with van der Waals surface area (Å²) in [5, 5.41) is 12.5. The fourth-order valence-corrected chi connectivity index (χ4v) is 5.11. The van der Waals surface area contributed by atoms with Gasteiger partial charge in [0.15, 0.2) is 11.5 Å². The molecular formula is C31H36N2O6. The van der Waals surface area contributed by atoms with Gasteiger partial charge >= 0.3 is 5.97 Å². The lowest BCUT2D eigenvalue weighted by molar-refractivity contribution is -0.138. The lowest BCUT2D eigenvalue weighted by Crippen LogP contribution is -2.40. The third kappa shape index (κ3) is 6.50. The zero-order valence-corrected chi connectivity index (χ0v) is 23.0. The van der Waals surface area contributed by atoms with Gasteiger partial charge in [0.2, 0.25) is 12.7 Å². The molecule has 2 aromatic carbocycles. The van der Waals surface area contributed by atoms with Gasteiger partial charge in [0.25, 0.3) is 5.56 Å². The van der Waals surface area contributed by atoms with Crippen LogP contribution in [0.1, 0.15) is 78.1 Å². The van der Waals surface area contributed by atoms with E-state index >= 15 is 0 Å². The number of aryl methyl sites for hydroxylation is 3. The van der Waals surface area contributed by atoms with Crippen molar-refractivity contribution in [3.63, 3.8) is 0 Å². The highest BCUT2D eigenvalue weighted by molar-refractivity contribution is 5.81. The van der Waals surface area contributed by atoms with E-state index in [9.17, 15) is 19.5 Å². The van der Waals surface area contributed by atoms with Gasteiger partial charge in [-0.15, -0.1) is 0 Å². The van der Waals surface area contributed by atoms with Gasteiger partial charge in [-0.25, -0.2) is 0 Å². The van der Waals surface area contributed by atoms with Gasteiger partial charge in [-0.05, 0) is 73.2 Å². The number of ether oxygens (including phenoxy) is 2. The molecule has 0 unspecified atom stereocenters. The molecular weight excluding hydrogens is 496 g/mol. The van der Waals surface area contributed by atoms with E-state index in [0.29, 0.717) is 35.5 Å². The molecule has 4 rings (SSSR count). The summed E-state index contributed by atoms with van der Waals surface area (Å²) < 4.78 is 12.3. The number of unbranched alkanes of at least 4 members (excludes halogenated alkanes) is 1. The summed E-state index contributed by atoms with van der Waals surface area (Å²) >= 11 is 0. The molecule has 2 N–H and O–H groups in total. The molecule has 8 heteroatoms. The number of carboxylic acid groups (broad SMARTS) is 1. The highest BCUT2D eigenvalue weighted by atomic mass is 16.7. The molecule has 1 aliphatic heterocycles. The van der Waals surface area contributed by atoms with Crippen LogP contribution in [-0.4, -0.2) is 28.3 Å². The van der Waals surface area contributed by atoms with Crippen molar-refractivity contribution >= 4 is 11.9 Å². The molecule has 1 amide bonds. The van der Waals surface area contributed by atoms with Crippen LogP contribution in [0, 0.1) is 20.8 Å². The van der Waals surface area contributed by atoms with Gasteiger partial charge in [-0.2, -0.15) is 0 Å². The van der Waals surface area contributed by atoms with E-state index in [2.05, 4.69) is 5.32 Å². The Morgan fingerprint density at radius 2 is 1.77 bits per heavy atom. The number of carbonyl (C=O) groups is 2. The number of hydrogen-bond acceptors (Lipinski definition) is 5. The SMILES string of the molecule is CCCC[C@@H](C(=O)N[C@@H](CC(=O)O)c1ccc2c(c1)OCO2)n1cc(C)cc(Cc2c(C)cccc2C)c1=O. The van der Waals surface area contributed by atoms with Gasteiger partial charge in [0.1, 0.15) is 6.04 Å². The summed E-state index contributed by atoms with van der Waals surface area (Å²) in [6.07, 6.45) is 3.92. The van der Waals surface area contributed by atoms with E-state index in [0.717, 1.165) is 35.1 Å². The third-order valence-corrected chi connectivity index (χ3v) is 7.23. The van der Waals surface area contributed by atoms with Crippen LogP contribution in [0.3, 0.4) is 0 Å². The Hall–Kier alpha value is -4.07. The van der Waals surface area contributed by atoms with Crippen molar-refractivity contribution in [2.24, 2.45) is 0 Å². The smallest absolute Gasteiger partial charge is 0.305 e. The molecule has 39 heavy (non-hydrogen) atoms. The minimum Gasteiger partial charge on any atom is -0.481 e. The van der Waals surface area contributed by atoms with Crippen molar-refractivity contribution in [2.45, 2.75) is 71.9 Å². The molecule has 2 heterocycles. The number of carbonyl (C=O) groups excluding carboxylic acids is 1. The van der Waals surface area contributed by atoms with E-state index in [1.165, 1.54) is 4.57 Å². The maximum absolute atomic E-state index is 13.8. The fourth-order valence-electron chi connectivity index (χ4n) is 5.11. The van der Waals surface area contributed by atoms with Crippen LogP contribution in [0.4, 0.5) is 0 Å². The van der Waals surface area contributed by atoms with E-state index in [-0.39, 0.29) is 18.8 Å². The standard InChI is InChI=1S/C31H36N2O6/c1-5-6-10-26(30(36)32-25(16-29(34)35)22-11-12-27-28(15-22)39-18-38-27)33-17-19(2)13-23(31(33)37)14-24-20(3)8-7-9-21(24)4/h7-9,11-13,15,17,25-26H,5-6,10,14,16,18H2,1-4H3,(H,32,36)(H,34,35)/t25-,26-/m0/s1. The monoisotopic (exact) mass is 532 g/mol. The molecule has 1 aliphatic rings. The number of nitrogens with zero attached hydrogens (tertiary/aromatic N) is 1. The second kappa shape index (κ2) is 12.2. The molecule has 0 aliphatic carbocycles. The van der Waals surface area contributed by atoms with Crippen LogP contribution in [0.5, 0.6) is 11.5 Å². The Labute approximate surface area is 228 Å². The molecule has 0 saturated heterocycles. The number of amides is 1. The number of pyridine rings is 1. The van der Waals surface area contributed by atoms with Crippen LogP contribution >= 0.6 is 0 Å². The number of benzene rings is 2. The zero-order valence-electron chi connectivity index (χ0n) is 23.0. The van der Waals surface area contributed by atoms with E-state index in [1.54, 1.807) is 24.4 Å². The number of nitrogens with one attached hydrogen (secondary N) is 1. The van der Waals surface area contributed by atoms with Crippen LogP contribution in [0.15, 0.2) is 53.5 Å². The summed E-state index contributed by atoms with van der Waals surface area (Å²) in [5.74, 6) is -0.363. The van der Waals surface area contributed by atoms with Gasteiger partial charge in [0, 0.05) is 18.2 Å². The normalized spacial score (nSPS) is 13.6. The summed E-state index contributed by atoms with van der Waals surface area (Å²) in [4.78, 5) is 39.3. The molecule has 0 fully saturated rings. The number of aliphatic carboxylic acids is 1. The number of rotatable bonds is 11. The first-order chi connectivity index (χ1) is 18.7. The molecule has 0 saturated carbocycles. The largest absolute Gasteiger partial charge is 0.481 e. The van der Waals surface area contributed by atoms with Crippen LogP contribution in [0.2, 0.25) is 0 Å². The molecule has 2 atom stereocenters. The fraction of sp³-hybridized carbons (Fsp3) is 0.387. The molecule has 0 bridgehead atoms. The first kappa shape index (κ1) is 28.0. The number of fused-ring (bicyclic) bond motifs is 1. The molecule has 1 aromatic heterocycles. The molecule has 0 radical (unpaired) electrons. The Balaban J connectivity index is 1.68. The lowest BCUT2D eigenvalue weighted by Gasteiger charge is -2.25. The van der Waals surface area contributed by atoms with Crippen molar-refractivity contribution in [1.29, 1.82) is 0 Å². The summed E-state index contributed by atoms with van der Waals surface area (Å²) in [6.45, 7) is 8.10. The minimum atomic E-state index is -1.05. The van der Waals surface area contributed by atoms with Gasteiger partial charge in [-0.1, -0.05) is 44.0 Å². The topological polar surface area (TPSA) is 107 Å². The predicted molar refractivity (Wildman–Crippen MR) is 148 cm³/mol. The number of hydrogen-bond donors (Lipinski definition) is 2. The lowest BCUT2D eigenvalue weighted by atomic mass is 9.96. The van der Waals surface area contributed by atoms with Crippen LogP contribution in [0.25, 0.3) is 0 Å². The molecule has 206 valence electrons.